The maximum Gasteiger partial charge on any atom is 0.307 e. The predicted octanol–water partition coefficient (Wildman–Crippen LogP) is -0.114. The molecule has 0 bridgehead atoms. The Kier molecular flexibility index (Phi) is 6.48. The van der Waals surface area contributed by atoms with Crippen LogP contribution in [0.1, 0.15) is 13.3 Å². The van der Waals surface area contributed by atoms with Gasteiger partial charge in [0.15, 0.2) is 6.29 Å². The van der Waals surface area contributed by atoms with Gasteiger partial charge in [-0.05, 0) is 6.92 Å². The zero-order valence-electron chi connectivity index (χ0n) is 8.28. The molecule has 0 aromatic heterocycles. The normalized spacial score (nSPS) is 13.0. The van der Waals surface area contributed by atoms with E-state index < -0.39 is 12.3 Å². The van der Waals surface area contributed by atoms with Gasteiger partial charge in [0.25, 0.3) is 0 Å². The Bertz CT molecular complexity index is 147. The molecule has 0 aromatic rings. The van der Waals surface area contributed by atoms with Crippen LogP contribution in [0.4, 0.5) is 0 Å². The number of rotatable bonds is 6. The van der Waals surface area contributed by atoms with Crippen LogP contribution in [0.3, 0.4) is 0 Å². The van der Waals surface area contributed by atoms with Gasteiger partial charge in [0.05, 0.1) is 19.1 Å². The average Bonchev–Trinajstić information content (AvgIpc) is 2.06. The lowest BCUT2D eigenvalue weighted by atomic mass is 10.2. The number of ether oxygens (including phenoxy) is 3. The van der Waals surface area contributed by atoms with Crippen molar-refractivity contribution >= 4 is 5.97 Å². The standard InChI is InChI=1S/C8H17NO4/c1-4-13-7(10)5-6(9)8(11-2)12-3/h6,8H,4-5,9H2,1-3H3. The lowest BCUT2D eigenvalue weighted by Crippen LogP contribution is -2.39. The van der Waals surface area contributed by atoms with E-state index in [2.05, 4.69) is 0 Å². The Labute approximate surface area is 78.1 Å². The summed E-state index contributed by atoms with van der Waals surface area (Å²) < 4.78 is 14.5. The van der Waals surface area contributed by atoms with E-state index in [4.69, 9.17) is 19.9 Å². The fraction of sp³-hybridized carbons (Fsp3) is 0.875. The first-order chi connectivity index (χ1) is 6.15. The number of carbonyl (C=O) groups excluding carboxylic acids is 1. The fourth-order valence-electron chi connectivity index (χ4n) is 0.954. The van der Waals surface area contributed by atoms with E-state index in [-0.39, 0.29) is 12.4 Å². The Morgan fingerprint density at radius 1 is 1.38 bits per heavy atom. The highest BCUT2D eigenvalue weighted by Crippen LogP contribution is 2.02. The number of hydrogen-bond acceptors (Lipinski definition) is 5. The molecular formula is C8H17NO4. The number of nitrogens with two attached hydrogens (primary N) is 1. The van der Waals surface area contributed by atoms with Crippen molar-refractivity contribution in [1.82, 2.24) is 0 Å². The molecule has 0 saturated heterocycles. The minimum absolute atomic E-state index is 0.0974. The molecule has 0 fully saturated rings. The predicted molar refractivity (Wildman–Crippen MR) is 47.0 cm³/mol. The molecule has 0 rings (SSSR count). The van der Waals surface area contributed by atoms with Gasteiger partial charge in [-0.15, -0.1) is 0 Å². The summed E-state index contributed by atoms with van der Waals surface area (Å²) in [4.78, 5) is 11.0. The van der Waals surface area contributed by atoms with Crippen LogP contribution in [-0.4, -0.2) is 39.1 Å². The average molecular weight is 191 g/mol. The summed E-state index contributed by atoms with van der Waals surface area (Å²) in [5.41, 5.74) is 5.62. The number of esters is 1. The molecule has 0 radical (unpaired) electrons. The molecule has 1 atom stereocenters. The highest BCUT2D eigenvalue weighted by atomic mass is 16.7. The molecule has 5 heteroatoms. The van der Waals surface area contributed by atoms with Gasteiger partial charge in [-0.2, -0.15) is 0 Å². The third-order valence-corrected chi connectivity index (χ3v) is 1.52. The molecule has 2 N–H and O–H groups in total. The maximum absolute atomic E-state index is 11.0. The van der Waals surface area contributed by atoms with E-state index in [1.807, 2.05) is 0 Å². The second kappa shape index (κ2) is 6.82. The minimum Gasteiger partial charge on any atom is -0.466 e. The number of hydrogen-bond donors (Lipinski definition) is 1. The van der Waals surface area contributed by atoms with Crippen molar-refractivity contribution in [3.8, 4) is 0 Å². The summed E-state index contributed by atoms with van der Waals surface area (Å²) >= 11 is 0. The van der Waals surface area contributed by atoms with Crippen LogP contribution in [0, 0.1) is 0 Å². The van der Waals surface area contributed by atoms with Crippen molar-refractivity contribution < 1.29 is 19.0 Å². The van der Waals surface area contributed by atoms with Gasteiger partial charge in [0.2, 0.25) is 0 Å². The molecule has 0 spiro atoms. The van der Waals surface area contributed by atoms with E-state index >= 15 is 0 Å². The summed E-state index contributed by atoms with van der Waals surface area (Å²) in [5, 5.41) is 0. The first kappa shape index (κ1) is 12.3. The van der Waals surface area contributed by atoms with Crippen LogP contribution in [-0.2, 0) is 19.0 Å². The maximum atomic E-state index is 11.0. The van der Waals surface area contributed by atoms with Gasteiger partial charge in [0.1, 0.15) is 0 Å². The van der Waals surface area contributed by atoms with E-state index in [0.717, 1.165) is 0 Å². The zero-order chi connectivity index (χ0) is 10.3. The minimum atomic E-state index is -0.565. The van der Waals surface area contributed by atoms with Gasteiger partial charge in [-0.3, -0.25) is 4.79 Å². The highest BCUT2D eigenvalue weighted by molar-refractivity contribution is 5.70. The van der Waals surface area contributed by atoms with Gasteiger partial charge < -0.3 is 19.9 Å². The lowest BCUT2D eigenvalue weighted by molar-refractivity contribution is -0.150. The van der Waals surface area contributed by atoms with Gasteiger partial charge in [-0.25, -0.2) is 0 Å². The third-order valence-electron chi connectivity index (χ3n) is 1.52. The first-order valence-electron chi connectivity index (χ1n) is 4.12. The lowest BCUT2D eigenvalue weighted by Gasteiger charge is -2.19. The summed E-state index contributed by atoms with van der Waals surface area (Å²) in [6.45, 7) is 2.10. The van der Waals surface area contributed by atoms with Crippen LogP contribution in [0.2, 0.25) is 0 Å². The Hall–Kier alpha value is -0.650. The monoisotopic (exact) mass is 191 g/mol. The van der Waals surface area contributed by atoms with E-state index in [0.29, 0.717) is 6.61 Å². The molecule has 0 heterocycles. The molecule has 13 heavy (non-hydrogen) atoms. The molecule has 0 saturated carbocycles. The summed E-state index contributed by atoms with van der Waals surface area (Å²) in [6, 6.07) is -0.492. The molecule has 0 amide bonds. The molecular weight excluding hydrogens is 174 g/mol. The van der Waals surface area contributed by atoms with Crippen molar-refractivity contribution in [1.29, 1.82) is 0 Å². The Morgan fingerprint density at radius 2 is 1.92 bits per heavy atom. The van der Waals surface area contributed by atoms with Crippen LogP contribution in [0.25, 0.3) is 0 Å². The second-order valence-corrected chi connectivity index (χ2v) is 2.51. The van der Waals surface area contributed by atoms with Crippen LogP contribution >= 0.6 is 0 Å². The van der Waals surface area contributed by atoms with Crippen molar-refractivity contribution in [3.05, 3.63) is 0 Å². The smallest absolute Gasteiger partial charge is 0.307 e. The second-order valence-electron chi connectivity index (χ2n) is 2.51. The van der Waals surface area contributed by atoms with Crippen LogP contribution in [0.15, 0.2) is 0 Å². The quantitative estimate of drug-likeness (QED) is 0.468. The van der Waals surface area contributed by atoms with Crippen LogP contribution in [0.5, 0.6) is 0 Å². The van der Waals surface area contributed by atoms with E-state index in [1.54, 1.807) is 6.92 Å². The fourth-order valence-corrected chi connectivity index (χ4v) is 0.954. The topological polar surface area (TPSA) is 70.8 Å². The van der Waals surface area contributed by atoms with E-state index in [1.165, 1.54) is 14.2 Å². The number of methoxy groups -OCH3 is 2. The van der Waals surface area contributed by atoms with Gasteiger partial charge in [-0.1, -0.05) is 0 Å². The summed E-state index contributed by atoms with van der Waals surface area (Å²) in [7, 11) is 2.94. The molecule has 0 aromatic carbocycles. The Balaban J connectivity index is 3.82. The van der Waals surface area contributed by atoms with Crippen molar-refractivity contribution in [2.24, 2.45) is 5.73 Å². The molecule has 78 valence electrons. The largest absolute Gasteiger partial charge is 0.466 e. The van der Waals surface area contributed by atoms with Crippen molar-refractivity contribution in [3.63, 3.8) is 0 Å². The highest BCUT2D eigenvalue weighted by Gasteiger charge is 2.20. The molecule has 1 unspecified atom stereocenters. The SMILES string of the molecule is CCOC(=O)CC(N)C(OC)OC. The van der Waals surface area contributed by atoms with E-state index in [9.17, 15) is 4.79 Å². The third kappa shape index (κ3) is 4.82. The summed E-state index contributed by atoms with van der Waals surface area (Å²) in [6.07, 6.45) is -0.468. The van der Waals surface area contributed by atoms with Gasteiger partial charge >= 0.3 is 5.97 Å². The number of carbonyl (C=O) groups is 1. The molecule has 0 aliphatic rings. The molecule has 0 aliphatic carbocycles. The van der Waals surface area contributed by atoms with Crippen molar-refractivity contribution in [2.45, 2.75) is 25.7 Å². The molecule has 5 nitrogen and oxygen atoms in total. The zero-order valence-corrected chi connectivity index (χ0v) is 8.28. The summed E-state index contributed by atoms with van der Waals surface area (Å²) in [5.74, 6) is -0.339. The Morgan fingerprint density at radius 3 is 2.31 bits per heavy atom. The van der Waals surface area contributed by atoms with Crippen LogP contribution < -0.4 is 5.73 Å². The van der Waals surface area contributed by atoms with Gasteiger partial charge in [0, 0.05) is 14.2 Å². The first-order valence-corrected chi connectivity index (χ1v) is 4.12. The van der Waals surface area contributed by atoms with Crippen molar-refractivity contribution in [2.75, 3.05) is 20.8 Å². The molecule has 0 aliphatic heterocycles.